The fraction of sp³-hybridized carbons (Fsp3) is 1.00. The van der Waals surface area contributed by atoms with E-state index in [4.69, 9.17) is 4.74 Å². The zero-order valence-electron chi connectivity index (χ0n) is 9.13. The topological polar surface area (TPSA) is 12.5 Å². The highest BCUT2D eigenvalue weighted by Gasteiger charge is 2.09. The second-order valence-corrected chi connectivity index (χ2v) is 2.82. The summed E-state index contributed by atoms with van der Waals surface area (Å²) in [6.07, 6.45) is 2.17. The molecule has 0 aliphatic heterocycles. The Hall–Kier alpha value is 0.350. The molecule has 2 atom stereocenters. The van der Waals surface area contributed by atoms with Gasteiger partial charge in [0.1, 0.15) is 0 Å². The normalized spacial score (nSPS) is 12.2. The van der Waals surface area contributed by atoms with Gasteiger partial charge in [-0.05, 0) is 13.5 Å². The van der Waals surface area contributed by atoms with Crippen molar-refractivity contribution in [2.75, 3.05) is 27.1 Å². The lowest BCUT2D eigenvalue weighted by atomic mass is 10.2. The molecule has 0 fully saturated rings. The Kier molecular flexibility index (Phi) is 14.0. The maximum absolute atomic E-state index is 5.07. The predicted molar refractivity (Wildman–Crippen MR) is 59.6 cm³/mol. The van der Waals surface area contributed by atoms with Crippen molar-refractivity contribution < 1.29 is 4.74 Å². The van der Waals surface area contributed by atoms with Crippen LogP contribution in [-0.4, -0.2) is 38.0 Å². The Morgan fingerprint density at radius 2 is 1.92 bits per heavy atom. The molecule has 0 aliphatic rings. The van der Waals surface area contributed by atoms with Gasteiger partial charge in [-0.2, -0.15) is 0 Å². The van der Waals surface area contributed by atoms with E-state index in [0.717, 1.165) is 19.3 Å². The van der Waals surface area contributed by atoms with E-state index in [0.29, 0.717) is 6.04 Å². The molecule has 0 radical (unpaired) electrons. The molecular formula is C9H24NOP. The molecule has 0 saturated carbocycles. The first-order chi connectivity index (χ1) is 5.76. The SMILES string of the molecule is CC.CCC(COC)N(C)CP. The summed E-state index contributed by atoms with van der Waals surface area (Å²) in [5.41, 5.74) is 0. The van der Waals surface area contributed by atoms with Crippen LogP contribution in [0.3, 0.4) is 0 Å². The molecule has 0 aromatic rings. The van der Waals surface area contributed by atoms with E-state index in [1.165, 1.54) is 0 Å². The van der Waals surface area contributed by atoms with E-state index in [-0.39, 0.29) is 0 Å². The Balaban J connectivity index is 0. The molecule has 76 valence electrons. The number of rotatable bonds is 5. The summed E-state index contributed by atoms with van der Waals surface area (Å²) < 4.78 is 5.07. The maximum atomic E-state index is 5.07. The Morgan fingerprint density at radius 3 is 2.17 bits per heavy atom. The third kappa shape index (κ3) is 7.02. The smallest absolute Gasteiger partial charge is 0.0617 e. The van der Waals surface area contributed by atoms with Gasteiger partial charge in [0.25, 0.3) is 0 Å². The summed E-state index contributed by atoms with van der Waals surface area (Å²) in [7, 11) is 6.57. The number of ether oxygens (including phenoxy) is 1. The Labute approximate surface area is 79.9 Å². The fourth-order valence-electron chi connectivity index (χ4n) is 0.898. The van der Waals surface area contributed by atoms with Crippen LogP contribution in [0, 0.1) is 0 Å². The highest BCUT2D eigenvalue weighted by Crippen LogP contribution is 2.03. The van der Waals surface area contributed by atoms with Crippen molar-refractivity contribution in [3.8, 4) is 0 Å². The molecule has 0 N–H and O–H groups in total. The molecule has 0 aromatic heterocycles. The second kappa shape index (κ2) is 11.4. The average molecular weight is 193 g/mol. The standard InChI is InChI=1S/C7H18NOP.C2H6/c1-4-7(5-9-3)8(2)6-10;1-2/h7H,4-6,10H2,1-3H3;1-2H3. The average Bonchev–Trinajstić information content (AvgIpc) is 2.16. The van der Waals surface area contributed by atoms with Crippen molar-refractivity contribution in [1.82, 2.24) is 4.90 Å². The number of nitrogens with zero attached hydrogens (tertiary/aromatic N) is 1. The minimum Gasteiger partial charge on any atom is -0.383 e. The first kappa shape index (κ1) is 14.9. The van der Waals surface area contributed by atoms with Gasteiger partial charge in [0.2, 0.25) is 0 Å². The van der Waals surface area contributed by atoms with Crippen LogP contribution in [0.25, 0.3) is 0 Å². The molecular weight excluding hydrogens is 169 g/mol. The minimum atomic E-state index is 0.572. The number of likely N-dealkylation sites (N-methyl/N-ethyl adjacent to an activating group) is 1. The van der Waals surface area contributed by atoms with Gasteiger partial charge in [-0.3, -0.25) is 4.90 Å². The van der Waals surface area contributed by atoms with Crippen molar-refractivity contribution in [3.05, 3.63) is 0 Å². The lowest BCUT2D eigenvalue weighted by Gasteiger charge is -2.24. The molecule has 0 aliphatic carbocycles. The largest absolute Gasteiger partial charge is 0.383 e. The summed E-state index contributed by atoms with van der Waals surface area (Å²) >= 11 is 0. The van der Waals surface area contributed by atoms with Gasteiger partial charge in [0.15, 0.2) is 0 Å². The number of hydrogen-bond acceptors (Lipinski definition) is 2. The molecule has 2 unspecified atom stereocenters. The monoisotopic (exact) mass is 193 g/mol. The molecule has 0 heterocycles. The third-order valence-electron chi connectivity index (χ3n) is 1.74. The van der Waals surface area contributed by atoms with Crippen LogP contribution in [-0.2, 0) is 4.74 Å². The van der Waals surface area contributed by atoms with E-state index >= 15 is 0 Å². The highest BCUT2D eigenvalue weighted by molar-refractivity contribution is 7.16. The summed E-state index contributed by atoms with van der Waals surface area (Å²) in [5, 5.41) is 0. The van der Waals surface area contributed by atoms with Gasteiger partial charge < -0.3 is 4.74 Å². The van der Waals surface area contributed by atoms with Crippen LogP contribution in [0.1, 0.15) is 27.2 Å². The molecule has 0 spiro atoms. The molecule has 0 saturated heterocycles. The van der Waals surface area contributed by atoms with Crippen molar-refractivity contribution in [1.29, 1.82) is 0 Å². The van der Waals surface area contributed by atoms with Gasteiger partial charge in [0, 0.05) is 19.4 Å². The summed E-state index contributed by atoms with van der Waals surface area (Å²) in [6, 6.07) is 0.572. The summed E-state index contributed by atoms with van der Waals surface area (Å²) in [6.45, 7) is 7.02. The van der Waals surface area contributed by atoms with Gasteiger partial charge in [-0.15, -0.1) is 9.24 Å². The van der Waals surface area contributed by atoms with Crippen LogP contribution in [0.4, 0.5) is 0 Å². The molecule has 0 aromatic carbocycles. The Morgan fingerprint density at radius 1 is 1.42 bits per heavy atom. The maximum Gasteiger partial charge on any atom is 0.0617 e. The van der Waals surface area contributed by atoms with E-state index < -0.39 is 0 Å². The Bertz CT molecular complexity index is 80.9. The molecule has 0 amide bonds. The minimum absolute atomic E-state index is 0.572. The lowest BCUT2D eigenvalue weighted by molar-refractivity contribution is 0.115. The first-order valence-electron chi connectivity index (χ1n) is 4.65. The van der Waals surface area contributed by atoms with Gasteiger partial charge in [0.05, 0.1) is 6.61 Å². The first-order valence-corrected chi connectivity index (χ1v) is 5.47. The fourth-order valence-corrected chi connectivity index (χ4v) is 1.20. The molecule has 0 bridgehead atoms. The molecule has 0 rings (SSSR count). The molecule has 12 heavy (non-hydrogen) atoms. The van der Waals surface area contributed by atoms with Crippen LogP contribution in [0.2, 0.25) is 0 Å². The quantitative estimate of drug-likeness (QED) is 0.621. The molecule has 3 heteroatoms. The van der Waals surface area contributed by atoms with Gasteiger partial charge in [-0.25, -0.2) is 0 Å². The number of methoxy groups -OCH3 is 1. The summed E-state index contributed by atoms with van der Waals surface area (Å²) in [4.78, 5) is 2.27. The van der Waals surface area contributed by atoms with E-state index in [1.54, 1.807) is 7.11 Å². The van der Waals surface area contributed by atoms with Crippen molar-refractivity contribution >= 4 is 9.24 Å². The van der Waals surface area contributed by atoms with Crippen molar-refractivity contribution in [3.63, 3.8) is 0 Å². The highest BCUT2D eigenvalue weighted by atomic mass is 31.0. The lowest BCUT2D eigenvalue weighted by Crippen LogP contribution is -2.33. The van der Waals surface area contributed by atoms with Crippen molar-refractivity contribution in [2.45, 2.75) is 33.2 Å². The van der Waals surface area contributed by atoms with Crippen LogP contribution >= 0.6 is 9.24 Å². The summed E-state index contributed by atoms with van der Waals surface area (Å²) in [5.74, 6) is 0. The number of hydrogen-bond donors (Lipinski definition) is 0. The van der Waals surface area contributed by atoms with E-state index in [2.05, 4.69) is 28.1 Å². The van der Waals surface area contributed by atoms with Crippen LogP contribution < -0.4 is 0 Å². The zero-order chi connectivity index (χ0) is 9.98. The predicted octanol–water partition coefficient (Wildman–Crippen LogP) is 2.20. The van der Waals surface area contributed by atoms with Crippen molar-refractivity contribution in [2.24, 2.45) is 0 Å². The van der Waals surface area contributed by atoms with Crippen LogP contribution in [0.15, 0.2) is 0 Å². The van der Waals surface area contributed by atoms with Gasteiger partial charge >= 0.3 is 0 Å². The van der Waals surface area contributed by atoms with Gasteiger partial charge in [-0.1, -0.05) is 20.8 Å². The zero-order valence-corrected chi connectivity index (χ0v) is 10.3. The van der Waals surface area contributed by atoms with Crippen LogP contribution in [0.5, 0.6) is 0 Å². The van der Waals surface area contributed by atoms with E-state index in [9.17, 15) is 0 Å². The molecule has 2 nitrogen and oxygen atoms in total. The van der Waals surface area contributed by atoms with E-state index in [1.807, 2.05) is 13.8 Å². The third-order valence-corrected chi connectivity index (χ3v) is 2.32. The second-order valence-electron chi connectivity index (χ2n) is 2.46.